The van der Waals surface area contributed by atoms with Crippen LogP contribution in [0, 0.1) is 11.8 Å². The van der Waals surface area contributed by atoms with Crippen LogP contribution in [0.25, 0.3) is 0 Å². The Kier molecular flexibility index (Phi) is 7.79. The fraction of sp³-hybridized carbons (Fsp3) is 0.750. The van der Waals surface area contributed by atoms with Gasteiger partial charge in [0.05, 0.1) is 3.39 Å². The molecule has 0 fully saturated rings. The third-order valence-electron chi connectivity index (χ3n) is 1.64. The molecule has 0 spiro atoms. The van der Waals surface area contributed by atoms with E-state index in [2.05, 4.69) is 74.4 Å². The maximum absolute atomic E-state index is 3.39. The van der Waals surface area contributed by atoms with Crippen LogP contribution in [0.15, 0.2) is 9.47 Å². The first-order valence-corrected chi connectivity index (χ1v) is 6.78. The second-order valence-corrected chi connectivity index (χ2v) is 6.69. The molecule has 0 aromatic rings. The zero-order chi connectivity index (χ0) is 8.85. The van der Waals surface area contributed by atoms with Crippen LogP contribution in [0.2, 0.25) is 0 Å². The zero-order valence-electron chi connectivity index (χ0n) is 6.78. The molecule has 0 rings (SSSR count). The van der Waals surface area contributed by atoms with Gasteiger partial charge in [-0.2, -0.15) is 0 Å². The van der Waals surface area contributed by atoms with Crippen molar-refractivity contribution in [2.75, 3.05) is 4.43 Å². The number of rotatable bonds is 4. The van der Waals surface area contributed by atoms with Gasteiger partial charge in [-0.1, -0.05) is 42.5 Å². The van der Waals surface area contributed by atoms with Gasteiger partial charge in [0.2, 0.25) is 0 Å². The van der Waals surface area contributed by atoms with E-state index in [0.29, 0.717) is 5.92 Å². The molecule has 0 saturated carbocycles. The molecule has 3 heteroatoms. The first-order valence-electron chi connectivity index (χ1n) is 3.66. The summed E-state index contributed by atoms with van der Waals surface area (Å²) in [4.78, 5) is 0. The number of alkyl halides is 1. The van der Waals surface area contributed by atoms with Gasteiger partial charge in [-0.3, -0.25) is 0 Å². The van der Waals surface area contributed by atoms with E-state index in [1.165, 1.54) is 10.8 Å². The van der Waals surface area contributed by atoms with Crippen molar-refractivity contribution < 1.29 is 0 Å². The summed E-state index contributed by atoms with van der Waals surface area (Å²) in [6, 6.07) is 0. The molecule has 0 heterocycles. The minimum atomic E-state index is 0.695. The Balaban J connectivity index is 4.00. The van der Waals surface area contributed by atoms with Gasteiger partial charge in [0.1, 0.15) is 0 Å². The van der Waals surface area contributed by atoms with Crippen LogP contribution in [0.1, 0.15) is 20.3 Å². The lowest BCUT2D eigenvalue weighted by Crippen LogP contribution is -2.05. The van der Waals surface area contributed by atoms with Crippen molar-refractivity contribution in [3.05, 3.63) is 9.47 Å². The molecule has 1 atom stereocenters. The molecule has 0 unspecified atom stereocenters. The molecule has 0 aromatic heterocycles. The molecule has 0 aliphatic heterocycles. The maximum atomic E-state index is 3.39. The van der Waals surface area contributed by atoms with Crippen LogP contribution in [-0.2, 0) is 0 Å². The quantitative estimate of drug-likeness (QED) is 0.477. The van der Waals surface area contributed by atoms with E-state index in [9.17, 15) is 0 Å². The summed E-state index contributed by atoms with van der Waals surface area (Å²) in [6.07, 6.45) is 3.50. The van der Waals surface area contributed by atoms with Gasteiger partial charge in [-0.25, -0.2) is 0 Å². The summed E-state index contributed by atoms with van der Waals surface area (Å²) in [5.74, 6) is 1.43. The van der Waals surface area contributed by atoms with Crippen molar-refractivity contribution in [1.82, 2.24) is 0 Å². The van der Waals surface area contributed by atoms with E-state index in [-0.39, 0.29) is 0 Å². The van der Waals surface area contributed by atoms with Crippen LogP contribution >= 0.6 is 54.5 Å². The predicted molar refractivity (Wildman–Crippen MR) is 67.8 cm³/mol. The van der Waals surface area contributed by atoms with E-state index in [4.69, 9.17) is 0 Å². The highest BCUT2D eigenvalue weighted by Crippen LogP contribution is 2.24. The van der Waals surface area contributed by atoms with Crippen LogP contribution in [0.4, 0.5) is 0 Å². The molecule has 0 N–H and O–H groups in total. The first kappa shape index (κ1) is 12.4. The van der Waals surface area contributed by atoms with Gasteiger partial charge < -0.3 is 0 Å². The smallest absolute Gasteiger partial charge is 0.0567 e. The Morgan fingerprint density at radius 1 is 1.45 bits per heavy atom. The van der Waals surface area contributed by atoms with Crippen LogP contribution in [0.5, 0.6) is 0 Å². The standard InChI is InChI=1S/C8H13Br2I/c1-6(2)7(3-4-11)5-8(9)10/h5-7H,3-4H2,1-2H3/t7-/m0/s1. The highest BCUT2D eigenvalue weighted by Gasteiger charge is 2.09. The van der Waals surface area contributed by atoms with E-state index in [0.717, 1.165) is 9.31 Å². The van der Waals surface area contributed by atoms with Crippen LogP contribution < -0.4 is 0 Å². The lowest BCUT2D eigenvalue weighted by molar-refractivity contribution is 0.458. The number of hydrogen-bond donors (Lipinski definition) is 0. The van der Waals surface area contributed by atoms with Gasteiger partial charge in [-0.05, 0) is 50.1 Å². The molecular formula is C8H13Br2I. The zero-order valence-corrected chi connectivity index (χ0v) is 12.1. The molecule has 0 bridgehead atoms. The molecule has 0 nitrogen and oxygen atoms in total. The molecular weight excluding hydrogens is 383 g/mol. The van der Waals surface area contributed by atoms with E-state index in [1.54, 1.807) is 0 Å². The molecule has 66 valence electrons. The van der Waals surface area contributed by atoms with Gasteiger partial charge in [0.15, 0.2) is 0 Å². The van der Waals surface area contributed by atoms with Gasteiger partial charge in [-0.15, -0.1) is 0 Å². The molecule has 0 saturated heterocycles. The Morgan fingerprint density at radius 2 is 2.00 bits per heavy atom. The average molecular weight is 396 g/mol. The Morgan fingerprint density at radius 3 is 2.27 bits per heavy atom. The number of halogens is 3. The molecule has 0 aliphatic rings. The Hall–Kier alpha value is 1.43. The molecule has 11 heavy (non-hydrogen) atoms. The number of allylic oxidation sites excluding steroid dienone is 1. The summed E-state index contributed by atoms with van der Waals surface area (Å²) in [7, 11) is 0. The van der Waals surface area contributed by atoms with Gasteiger partial charge >= 0.3 is 0 Å². The third kappa shape index (κ3) is 6.58. The Labute approximate surface area is 99.6 Å². The van der Waals surface area contributed by atoms with E-state index in [1.807, 2.05) is 0 Å². The monoisotopic (exact) mass is 394 g/mol. The van der Waals surface area contributed by atoms with Crippen molar-refractivity contribution in [2.24, 2.45) is 11.8 Å². The van der Waals surface area contributed by atoms with Crippen molar-refractivity contribution in [2.45, 2.75) is 20.3 Å². The lowest BCUT2D eigenvalue weighted by Gasteiger charge is -2.15. The van der Waals surface area contributed by atoms with Crippen molar-refractivity contribution in [3.8, 4) is 0 Å². The fourth-order valence-electron chi connectivity index (χ4n) is 0.897. The normalized spacial score (nSPS) is 13.3. The van der Waals surface area contributed by atoms with Crippen molar-refractivity contribution in [1.29, 1.82) is 0 Å². The highest BCUT2D eigenvalue weighted by molar-refractivity contribution is 14.1. The highest BCUT2D eigenvalue weighted by atomic mass is 127. The summed E-state index contributed by atoms with van der Waals surface area (Å²) >= 11 is 9.20. The van der Waals surface area contributed by atoms with Gasteiger partial charge in [0.25, 0.3) is 0 Å². The molecule has 0 radical (unpaired) electrons. The lowest BCUT2D eigenvalue weighted by atomic mass is 9.94. The summed E-state index contributed by atoms with van der Waals surface area (Å²) in [5, 5.41) is 0. The molecule has 0 amide bonds. The fourth-order valence-corrected chi connectivity index (χ4v) is 2.30. The third-order valence-corrected chi connectivity index (χ3v) is 2.79. The minimum absolute atomic E-state index is 0.695. The number of hydrogen-bond acceptors (Lipinski definition) is 0. The SMILES string of the molecule is CC(C)[C@H](C=C(Br)Br)CCI. The topological polar surface area (TPSA) is 0 Å². The predicted octanol–water partition coefficient (Wildman–Crippen LogP) is 4.71. The summed E-state index contributed by atoms with van der Waals surface area (Å²) in [6.45, 7) is 4.52. The van der Waals surface area contributed by atoms with Crippen LogP contribution in [0.3, 0.4) is 0 Å². The maximum Gasteiger partial charge on any atom is 0.0567 e. The largest absolute Gasteiger partial charge is 0.0864 e. The Bertz CT molecular complexity index is 128. The summed E-state index contributed by atoms with van der Waals surface area (Å²) < 4.78 is 2.30. The second-order valence-electron chi connectivity index (χ2n) is 2.84. The minimum Gasteiger partial charge on any atom is -0.0864 e. The second kappa shape index (κ2) is 6.89. The van der Waals surface area contributed by atoms with Crippen molar-refractivity contribution >= 4 is 54.5 Å². The molecule has 0 aliphatic carbocycles. The van der Waals surface area contributed by atoms with E-state index < -0.39 is 0 Å². The van der Waals surface area contributed by atoms with Crippen molar-refractivity contribution in [3.63, 3.8) is 0 Å². The van der Waals surface area contributed by atoms with E-state index >= 15 is 0 Å². The summed E-state index contributed by atoms with van der Waals surface area (Å²) in [5.41, 5.74) is 0. The first-order chi connectivity index (χ1) is 5.07. The van der Waals surface area contributed by atoms with Gasteiger partial charge in [0, 0.05) is 4.43 Å². The average Bonchev–Trinajstić information content (AvgIpc) is 1.86. The van der Waals surface area contributed by atoms with Crippen LogP contribution in [-0.4, -0.2) is 4.43 Å². The molecule has 0 aromatic carbocycles.